The van der Waals surface area contributed by atoms with E-state index in [0.717, 1.165) is 11.6 Å². The molecule has 0 unspecified atom stereocenters. The molecule has 0 atom stereocenters. The number of hydrogen-bond donors (Lipinski definition) is 1. The predicted octanol–water partition coefficient (Wildman–Crippen LogP) is 2.53. The van der Waals surface area contributed by atoms with E-state index in [1.54, 1.807) is 28.3 Å². The molecular weight excluding hydrogens is 333 g/mol. The van der Waals surface area contributed by atoms with Crippen LogP contribution in [0.15, 0.2) is 36.7 Å². The highest BCUT2D eigenvalue weighted by Crippen LogP contribution is 2.24. The summed E-state index contributed by atoms with van der Waals surface area (Å²) in [4.78, 5) is 19.4. The van der Waals surface area contributed by atoms with Crippen molar-refractivity contribution >= 4 is 11.7 Å². The first-order valence-corrected chi connectivity index (χ1v) is 7.86. The van der Waals surface area contributed by atoms with Gasteiger partial charge in [-0.15, -0.1) is 0 Å². The van der Waals surface area contributed by atoms with Gasteiger partial charge in [0.15, 0.2) is 17.5 Å². The Bertz CT molecular complexity index is 749. The van der Waals surface area contributed by atoms with Gasteiger partial charge in [0.25, 0.3) is 0 Å². The third kappa shape index (κ3) is 3.84. The average molecular weight is 350 g/mol. The van der Waals surface area contributed by atoms with Gasteiger partial charge >= 0.3 is 6.03 Å². The van der Waals surface area contributed by atoms with Crippen LogP contribution < -0.4 is 10.2 Å². The molecule has 1 aromatic carbocycles. The molecule has 2 heterocycles. The molecule has 0 aliphatic carbocycles. The molecule has 25 heavy (non-hydrogen) atoms. The molecule has 2 amide bonds. The molecule has 0 spiro atoms. The Kier molecular flexibility index (Phi) is 5.06. The van der Waals surface area contributed by atoms with Crippen molar-refractivity contribution in [1.82, 2.24) is 15.2 Å². The van der Waals surface area contributed by atoms with Crippen molar-refractivity contribution in [2.24, 2.45) is 0 Å². The van der Waals surface area contributed by atoms with Gasteiger partial charge in [0, 0.05) is 45.1 Å². The number of benzene rings is 1. The van der Waals surface area contributed by atoms with Crippen molar-refractivity contribution in [3.05, 3.63) is 59.7 Å². The lowest BCUT2D eigenvalue weighted by molar-refractivity contribution is 0.193. The van der Waals surface area contributed by atoms with E-state index in [1.165, 1.54) is 6.07 Å². The van der Waals surface area contributed by atoms with Gasteiger partial charge in [0.1, 0.15) is 0 Å². The quantitative estimate of drug-likeness (QED) is 0.866. The molecule has 3 rings (SSSR count). The van der Waals surface area contributed by atoms with Crippen LogP contribution in [0.5, 0.6) is 0 Å². The smallest absolute Gasteiger partial charge is 0.317 e. The molecule has 1 aromatic heterocycles. The molecule has 1 saturated heterocycles. The molecule has 1 fully saturated rings. The van der Waals surface area contributed by atoms with Crippen LogP contribution in [0.25, 0.3) is 0 Å². The molecule has 8 heteroatoms. The second-order valence-electron chi connectivity index (χ2n) is 5.69. The summed E-state index contributed by atoms with van der Waals surface area (Å²) in [5.74, 6) is -3.89. The van der Waals surface area contributed by atoms with Crippen LogP contribution in [0, 0.1) is 17.5 Å². The minimum Gasteiger partial charge on any atom is -0.366 e. The summed E-state index contributed by atoms with van der Waals surface area (Å²) in [6.45, 7) is 1.75. The van der Waals surface area contributed by atoms with Crippen molar-refractivity contribution in [3.8, 4) is 0 Å². The summed E-state index contributed by atoms with van der Waals surface area (Å²) >= 11 is 0. The van der Waals surface area contributed by atoms with Crippen LogP contribution in [0.3, 0.4) is 0 Å². The number of nitrogens with zero attached hydrogens (tertiary/aromatic N) is 3. The molecule has 1 N–H and O–H groups in total. The van der Waals surface area contributed by atoms with E-state index < -0.39 is 17.5 Å². The highest BCUT2D eigenvalue weighted by atomic mass is 19.2. The number of halogens is 3. The second kappa shape index (κ2) is 7.42. The fourth-order valence-corrected chi connectivity index (χ4v) is 2.70. The number of anilines is 1. The average Bonchev–Trinajstić information content (AvgIpc) is 2.65. The summed E-state index contributed by atoms with van der Waals surface area (Å²) in [6.07, 6.45) is 3.33. The van der Waals surface area contributed by atoms with Gasteiger partial charge in [0.05, 0.1) is 5.69 Å². The Balaban J connectivity index is 1.55. The summed E-state index contributed by atoms with van der Waals surface area (Å²) < 4.78 is 40.2. The lowest BCUT2D eigenvalue weighted by Crippen LogP contribution is -2.52. The van der Waals surface area contributed by atoms with Crippen molar-refractivity contribution in [2.45, 2.75) is 6.54 Å². The maximum atomic E-state index is 13.9. The largest absolute Gasteiger partial charge is 0.366 e. The number of rotatable bonds is 3. The van der Waals surface area contributed by atoms with Gasteiger partial charge in [-0.2, -0.15) is 0 Å². The third-order valence-corrected chi connectivity index (χ3v) is 4.09. The van der Waals surface area contributed by atoms with Crippen molar-refractivity contribution < 1.29 is 18.0 Å². The van der Waals surface area contributed by atoms with Crippen LogP contribution in [0.2, 0.25) is 0 Å². The number of aromatic nitrogens is 1. The Morgan fingerprint density at radius 2 is 1.84 bits per heavy atom. The second-order valence-corrected chi connectivity index (χ2v) is 5.69. The molecule has 1 aliphatic heterocycles. The molecule has 2 aromatic rings. The highest BCUT2D eigenvalue weighted by Gasteiger charge is 2.24. The fraction of sp³-hybridized carbons (Fsp3) is 0.294. The minimum atomic E-state index is -1.48. The SMILES string of the molecule is O=C(NCc1cccnc1)N1CCN(c2ccc(F)c(F)c2F)CC1. The number of carbonyl (C=O) groups is 1. The Hall–Kier alpha value is -2.77. The first kappa shape index (κ1) is 17.1. The Labute approximate surface area is 143 Å². The summed E-state index contributed by atoms with van der Waals surface area (Å²) in [5, 5.41) is 2.80. The summed E-state index contributed by atoms with van der Waals surface area (Å²) in [6, 6.07) is 5.54. The van der Waals surface area contributed by atoms with Gasteiger partial charge in [-0.25, -0.2) is 18.0 Å². The van der Waals surface area contributed by atoms with Gasteiger partial charge < -0.3 is 15.1 Å². The number of piperazine rings is 1. The minimum absolute atomic E-state index is 0.00863. The number of pyridine rings is 1. The Morgan fingerprint density at radius 3 is 2.52 bits per heavy atom. The number of urea groups is 1. The zero-order chi connectivity index (χ0) is 17.8. The normalized spacial score (nSPS) is 14.5. The van der Waals surface area contributed by atoms with Gasteiger partial charge in [-0.1, -0.05) is 6.07 Å². The standard InChI is InChI=1S/C17H17F3N4O/c18-13-3-4-14(16(20)15(13)19)23-6-8-24(9-7-23)17(25)22-11-12-2-1-5-21-10-12/h1-5,10H,6-9,11H2,(H,22,25). The number of nitrogens with one attached hydrogen (secondary N) is 1. The number of carbonyl (C=O) groups excluding carboxylic acids is 1. The highest BCUT2D eigenvalue weighted by molar-refractivity contribution is 5.74. The van der Waals surface area contributed by atoms with Gasteiger partial charge in [-0.05, 0) is 23.8 Å². The topological polar surface area (TPSA) is 48.5 Å². The van der Waals surface area contributed by atoms with E-state index in [1.807, 2.05) is 6.07 Å². The van der Waals surface area contributed by atoms with Crippen molar-refractivity contribution in [2.75, 3.05) is 31.1 Å². The van der Waals surface area contributed by atoms with Crippen LogP contribution in [0.4, 0.5) is 23.7 Å². The number of hydrogen-bond acceptors (Lipinski definition) is 3. The lowest BCUT2D eigenvalue weighted by Gasteiger charge is -2.36. The first-order chi connectivity index (χ1) is 12.1. The summed E-state index contributed by atoms with van der Waals surface area (Å²) in [7, 11) is 0. The van der Waals surface area contributed by atoms with E-state index >= 15 is 0 Å². The fourth-order valence-electron chi connectivity index (χ4n) is 2.70. The maximum absolute atomic E-state index is 13.9. The van der Waals surface area contributed by atoms with Crippen molar-refractivity contribution in [1.29, 1.82) is 0 Å². The monoisotopic (exact) mass is 350 g/mol. The lowest BCUT2D eigenvalue weighted by atomic mass is 10.2. The zero-order valence-corrected chi connectivity index (χ0v) is 13.4. The molecule has 0 radical (unpaired) electrons. The van der Waals surface area contributed by atoms with E-state index in [2.05, 4.69) is 10.3 Å². The van der Waals surface area contributed by atoms with Crippen LogP contribution >= 0.6 is 0 Å². The predicted molar refractivity (Wildman–Crippen MR) is 86.6 cm³/mol. The first-order valence-electron chi connectivity index (χ1n) is 7.86. The van der Waals surface area contributed by atoms with E-state index in [4.69, 9.17) is 0 Å². The Morgan fingerprint density at radius 1 is 1.08 bits per heavy atom. The molecule has 5 nitrogen and oxygen atoms in total. The van der Waals surface area contributed by atoms with Crippen molar-refractivity contribution in [3.63, 3.8) is 0 Å². The maximum Gasteiger partial charge on any atom is 0.317 e. The van der Waals surface area contributed by atoms with Crippen LogP contribution in [-0.4, -0.2) is 42.1 Å². The van der Waals surface area contributed by atoms with E-state index in [-0.39, 0.29) is 11.7 Å². The van der Waals surface area contributed by atoms with Crippen LogP contribution in [0.1, 0.15) is 5.56 Å². The molecule has 132 valence electrons. The van der Waals surface area contributed by atoms with Gasteiger partial charge in [-0.3, -0.25) is 4.98 Å². The summed E-state index contributed by atoms with van der Waals surface area (Å²) in [5.41, 5.74) is 0.896. The number of amides is 2. The third-order valence-electron chi connectivity index (χ3n) is 4.09. The van der Waals surface area contributed by atoms with Gasteiger partial charge in [0.2, 0.25) is 0 Å². The molecule has 0 saturated carbocycles. The van der Waals surface area contributed by atoms with E-state index in [0.29, 0.717) is 32.7 Å². The molecule has 0 bridgehead atoms. The zero-order valence-electron chi connectivity index (χ0n) is 13.4. The molecular formula is C17H17F3N4O. The van der Waals surface area contributed by atoms with Crippen LogP contribution in [-0.2, 0) is 6.54 Å². The van der Waals surface area contributed by atoms with E-state index in [9.17, 15) is 18.0 Å². The molecule has 1 aliphatic rings.